The maximum Gasteiger partial charge on any atom is 0.412 e. The van der Waals surface area contributed by atoms with Crippen LogP contribution in [0.3, 0.4) is 0 Å². The van der Waals surface area contributed by atoms with Crippen molar-refractivity contribution in [3.8, 4) is 0 Å². The van der Waals surface area contributed by atoms with Crippen LogP contribution in [0.15, 0.2) is 42.6 Å². The molecule has 1 aromatic carbocycles. The van der Waals surface area contributed by atoms with Gasteiger partial charge in [0.2, 0.25) is 0 Å². The van der Waals surface area contributed by atoms with Gasteiger partial charge in [0, 0.05) is 12.7 Å². The van der Waals surface area contributed by atoms with E-state index in [0.29, 0.717) is 29.2 Å². The smallest absolute Gasteiger partial charge is 0.412 e. The molecule has 1 aromatic heterocycles. The van der Waals surface area contributed by atoms with Gasteiger partial charge < -0.3 is 15.8 Å². The van der Waals surface area contributed by atoms with Crippen LogP contribution in [0.25, 0.3) is 0 Å². The van der Waals surface area contributed by atoms with E-state index in [9.17, 15) is 9.59 Å². The van der Waals surface area contributed by atoms with Crippen molar-refractivity contribution in [1.82, 2.24) is 4.98 Å². The number of hydrogen-bond donors (Lipinski definition) is 3. The number of nitrogens with two attached hydrogens (primary N) is 1. The molecule has 0 saturated carbocycles. The Morgan fingerprint density at radius 1 is 1.08 bits per heavy atom. The number of nitrogens with one attached hydrogen (secondary N) is 2. The first kappa shape index (κ1) is 18.4. The van der Waals surface area contributed by atoms with Gasteiger partial charge in [-0.2, -0.15) is 0 Å². The van der Waals surface area contributed by atoms with Crippen molar-refractivity contribution in [2.24, 2.45) is 5.73 Å². The number of carbonyl (C=O) groups excluding carboxylic acids is 2. The first-order valence-corrected chi connectivity index (χ1v) is 7.84. The molecule has 2 aromatic rings. The maximum absolute atomic E-state index is 12.4. The molecule has 2 rings (SSSR count). The zero-order valence-corrected chi connectivity index (χ0v) is 14.5. The number of ether oxygens (including phenoxy) is 1. The largest absolute Gasteiger partial charge is 0.444 e. The molecule has 0 radical (unpaired) electrons. The van der Waals surface area contributed by atoms with E-state index in [1.165, 1.54) is 6.20 Å². The second kappa shape index (κ2) is 7.76. The third-order valence-electron chi connectivity index (χ3n) is 3.11. The highest BCUT2D eigenvalue weighted by Gasteiger charge is 2.17. The maximum atomic E-state index is 12.4. The predicted octanol–water partition coefficient (Wildman–Crippen LogP) is 3.14. The van der Waals surface area contributed by atoms with Crippen LogP contribution in [-0.2, 0) is 11.3 Å². The van der Waals surface area contributed by atoms with Crippen LogP contribution in [0.1, 0.15) is 36.8 Å². The van der Waals surface area contributed by atoms with Crippen molar-refractivity contribution in [3.05, 3.63) is 53.9 Å². The van der Waals surface area contributed by atoms with Crippen LogP contribution < -0.4 is 16.4 Å². The van der Waals surface area contributed by atoms with Gasteiger partial charge in [-0.3, -0.25) is 15.1 Å². The van der Waals surface area contributed by atoms with E-state index in [4.69, 9.17) is 10.5 Å². The molecular formula is C18H22N4O3. The Morgan fingerprint density at radius 3 is 2.24 bits per heavy atom. The number of benzene rings is 1. The van der Waals surface area contributed by atoms with E-state index in [1.807, 2.05) is 0 Å². The minimum Gasteiger partial charge on any atom is -0.444 e. The Labute approximate surface area is 146 Å². The van der Waals surface area contributed by atoms with E-state index in [2.05, 4.69) is 15.6 Å². The molecule has 0 unspecified atom stereocenters. The van der Waals surface area contributed by atoms with Crippen molar-refractivity contribution >= 4 is 23.4 Å². The second-order valence-corrected chi connectivity index (χ2v) is 6.37. The molecule has 0 spiro atoms. The minimum absolute atomic E-state index is 0.310. The van der Waals surface area contributed by atoms with Gasteiger partial charge in [-0.05, 0) is 45.0 Å². The van der Waals surface area contributed by atoms with Crippen molar-refractivity contribution in [2.75, 3.05) is 10.6 Å². The van der Waals surface area contributed by atoms with E-state index in [1.54, 1.807) is 57.2 Å². The number of aromatic nitrogens is 1. The molecule has 0 aliphatic heterocycles. The molecule has 0 saturated heterocycles. The molecule has 0 bridgehead atoms. The number of carbonyl (C=O) groups is 2. The zero-order valence-electron chi connectivity index (χ0n) is 14.5. The summed E-state index contributed by atoms with van der Waals surface area (Å²) < 4.78 is 5.23. The molecule has 0 aliphatic rings. The highest BCUT2D eigenvalue weighted by molar-refractivity contribution is 6.06. The first-order valence-electron chi connectivity index (χ1n) is 7.84. The summed E-state index contributed by atoms with van der Waals surface area (Å²) in [6, 6.07) is 10.2. The van der Waals surface area contributed by atoms with Gasteiger partial charge in [0.25, 0.3) is 5.91 Å². The summed E-state index contributed by atoms with van der Waals surface area (Å²) in [5.74, 6) is -0.338. The lowest BCUT2D eigenvalue weighted by atomic mass is 10.2. The van der Waals surface area contributed by atoms with Gasteiger partial charge in [-0.15, -0.1) is 0 Å². The van der Waals surface area contributed by atoms with E-state index < -0.39 is 11.7 Å². The van der Waals surface area contributed by atoms with Crippen molar-refractivity contribution in [1.29, 1.82) is 0 Å². The van der Waals surface area contributed by atoms with Gasteiger partial charge in [-0.1, -0.05) is 12.1 Å². The van der Waals surface area contributed by atoms with Crippen LogP contribution in [0.4, 0.5) is 16.2 Å². The average molecular weight is 342 g/mol. The fourth-order valence-corrected chi connectivity index (χ4v) is 1.99. The van der Waals surface area contributed by atoms with Gasteiger partial charge >= 0.3 is 6.09 Å². The van der Waals surface area contributed by atoms with Gasteiger partial charge in [-0.25, -0.2) is 4.79 Å². The summed E-state index contributed by atoms with van der Waals surface area (Å²) in [4.78, 5) is 28.4. The normalized spacial score (nSPS) is 10.9. The van der Waals surface area contributed by atoms with Crippen molar-refractivity contribution < 1.29 is 14.3 Å². The number of hydrogen-bond acceptors (Lipinski definition) is 5. The first-order chi connectivity index (χ1) is 11.8. The summed E-state index contributed by atoms with van der Waals surface area (Å²) in [7, 11) is 0. The fraction of sp³-hybridized carbons (Fsp3) is 0.278. The lowest BCUT2D eigenvalue weighted by Crippen LogP contribution is -2.27. The third-order valence-corrected chi connectivity index (χ3v) is 3.11. The van der Waals surface area contributed by atoms with Crippen molar-refractivity contribution in [2.45, 2.75) is 32.9 Å². The van der Waals surface area contributed by atoms with Gasteiger partial charge in [0.05, 0.1) is 22.6 Å². The summed E-state index contributed by atoms with van der Waals surface area (Å²) in [6.07, 6.45) is 0.865. The second-order valence-electron chi connectivity index (χ2n) is 6.37. The Kier molecular flexibility index (Phi) is 5.71. The third kappa shape index (κ3) is 5.58. The molecular weight excluding hydrogens is 320 g/mol. The lowest BCUT2D eigenvalue weighted by molar-refractivity contribution is 0.0635. The molecule has 7 nitrogen and oxygen atoms in total. The number of para-hydroxylation sites is 2. The summed E-state index contributed by atoms with van der Waals surface area (Å²) in [6.45, 7) is 5.64. The Balaban J connectivity index is 2.11. The highest BCUT2D eigenvalue weighted by atomic mass is 16.6. The SMILES string of the molecule is CC(C)(C)OC(=O)Nc1ccccc1NC(=O)c1ccc(CN)nc1. The van der Waals surface area contributed by atoms with E-state index in [-0.39, 0.29) is 5.91 Å². The molecule has 0 fully saturated rings. The molecule has 4 N–H and O–H groups in total. The minimum atomic E-state index is -0.612. The molecule has 0 aliphatic carbocycles. The molecule has 7 heteroatoms. The highest BCUT2D eigenvalue weighted by Crippen LogP contribution is 2.22. The lowest BCUT2D eigenvalue weighted by Gasteiger charge is -2.20. The fourth-order valence-electron chi connectivity index (χ4n) is 1.99. The Bertz CT molecular complexity index is 752. The predicted molar refractivity (Wildman–Crippen MR) is 96.4 cm³/mol. The number of rotatable bonds is 4. The van der Waals surface area contributed by atoms with E-state index in [0.717, 1.165) is 0 Å². The van der Waals surface area contributed by atoms with Crippen LogP contribution in [-0.4, -0.2) is 22.6 Å². The van der Waals surface area contributed by atoms with Crippen LogP contribution in [0.5, 0.6) is 0 Å². The number of anilines is 2. The number of amides is 2. The van der Waals surface area contributed by atoms with Crippen LogP contribution in [0.2, 0.25) is 0 Å². The standard InChI is InChI=1S/C18H22N4O3/c1-18(2,3)25-17(24)22-15-7-5-4-6-14(15)21-16(23)12-8-9-13(10-19)20-11-12/h4-9,11H,10,19H2,1-3H3,(H,21,23)(H,22,24). The van der Waals surface area contributed by atoms with Crippen LogP contribution in [0, 0.1) is 0 Å². The molecule has 132 valence electrons. The van der Waals surface area contributed by atoms with Crippen LogP contribution >= 0.6 is 0 Å². The number of pyridine rings is 1. The Morgan fingerprint density at radius 2 is 1.72 bits per heavy atom. The van der Waals surface area contributed by atoms with E-state index >= 15 is 0 Å². The monoisotopic (exact) mass is 342 g/mol. The Hall–Kier alpha value is -2.93. The van der Waals surface area contributed by atoms with Gasteiger partial charge in [0.1, 0.15) is 5.60 Å². The summed E-state index contributed by atoms with van der Waals surface area (Å²) in [5.41, 5.74) is 6.87. The van der Waals surface area contributed by atoms with Gasteiger partial charge in [0.15, 0.2) is 0 Å². The molecule has 25 heavy (non-hydrogen) atoms. The molecule has 2 amide bonds. The average Bonchev–Trinajstić information content (AvgIpc) is 2.55. The molecule has 1 heterocycles. The summed E-state index contributed by atoms with van der Waals surface area (Å²) >= 11 is 0. The summed E-state index contributed by atoms with van der Waals surface area (Å²) in [5, 5.41) is 5.39. The zero-order chi connectivity index (χ0) is 18.4. The quantitative estimate of drug-likeness (QED) is 0.791. The van der Waals surface area contributed by atoms with Crippen molar-refractivity contribution in [3.63, 3.8) is 0 Å². The molecule has 0 atom stereocenters. The number of nitrogens with zero attached hydrogens (tertiary/aromatic N) is 1. The topological polar surface area (TPSA) is 106 Å².